The SMILES string of the molecule is CCCCNC(=O)[C@H](C)N(Cc1ccc(OC)cc1)C(=O)CSCc1ccc(OC)cc1. The fraction of sp³-hybridized carbons (Fsp3) is 0.440. The van der Waals surface area contributed by atoms with Gasteiger partial charge in [0.2, 0.25) is 11.8 Å². The molecule has 0 saturated carbocycles. The number of benzene rings is 2. The first kappa shape index (κ1) is 25.6. The van der Waals surface area contributed by atoms with E-state index in [4.69, 9.17) is 9.47 Å². The summed E-state index contributed by atoms with van der Waals surface area (Å²) in [5.41, 5.74) is 2.07. The number of hydrogen-bond acceptors (Lipinski definition) is 5. The van der Waals surface area contributed by atoms with Gasteiger partial charge in [0.05, 0.1) is 20.0 Å². The largest absolute Gasteiger partial charge is 0.497 e. The van der Waals surface area contributed by atoms with E-state index in [1.54, 1.807) is 26.0 Å². The van der Waals surface area contributed by atoms with Crippen LogP contribution < -0.4 is 14.8 Å². The molecular weight excluding hydrogens is 424 g/mol. The van der Waals surface area contributed by atoms with Crippen molar-refractivity contribution in [3.63, 3.8) is 0 Å². The number of thioether (sulfide) groups is 1. The van der Waals surface area contributed by atoms with Crippen LogP contribution in [-0.4, -0.2) is 49.3 Å². The Kier molecular flexibility index (Phi) is 10.9. The van der Waals surface area contributed by atoms with E-state index in [1.165, 1.54) is 11.8 Å². The van der Waals surface area contributed by atoms with Gasteiger partial charge in [0.15, 0.2) is 0 Å². The van der Waals surface area contributed by atoms with Crippen molar-refractivity contribution in [3.05, 3.63) is 59.7 Å². The number of rotatable bonds is 13. The summed E-state index contributed by atoms with van der Waals surface area (Å²) in [6.45, 7) is 4.86. The van der Waals surface area contributed by atoms with Crippen LogP contribution in [0.5, 0.6) is 11.5 Å². The van der Waals surface area contributed by atoms with E-state index in [1.807, 2.05) is 48.5 Å². The lowest BCUT2D eigenvalue weighted by Gasteiger charge is -2.29. The Balaban J connectivity index is 2.03. The Labute approximate surface area is 195 Å². The molecule has 174 valence electrons. The highest BCUT2D eigenvalue weighted by atomic mass is 32.2. The molecule has 1 N–H and O–H groups in total. The van der Waals surface area contributed by atoms with Gasteiger partial charge in [-0.3, -0.25) is 9.59 Å². The van der Waals surface area contributed by atoms with Gasteiger partial charge < -0.3 is 19.7 Å². The molecule has 0 bridgehead atoms. The third kappa shape index (κ3) is 8.11. The lowest BCUT2D eigenvalue weighted by atomic mass is 10.1. The van der Waals surface area contributed by atoms with Crippen molar-refractivity contribution in [3.8, 4) is 11.5 Å². The van der Waals surface area contributed by atoms with Gasteiger partial charge in [0.25, 0.3) is 0 Å². The van der Waals surface area contributed by atoms with Crippen LogP contribution in [0.4, 0.5) is 0 Å². The van der Waals surface area contributed by atoms with E-state index in [0.717, 1.165) is 35.5 Å². The van der Waals surface area contributed by atoms with Crippen LogP contribution in [0.1, 0.15) is 37.8 Å². The molecule has 2 aromatic rings. The second-order valence-electron chi connectivity index (χ2n) is 7.53. The summed E-state index contributed by atoms with van der Waals surface area (Å²) >= 11 is 1.54. The average Bonchev–Trinajstić information content (AvgIpc) is 2.82. The summed E-state index contributed by atoms with van der Waals surface area (Å²) in [5.74, 6) is 2.39. The number of carbonyl (C=O) groups excluding carboxylic acids is 2. The first-order valence-electron chi connectivity index (χ1n) is 10.9. The molecule has 32 heavy (non-hydrogen) atoms. The Bertz CT molecular complexity index is 840. The highest BCUT2D eigenvalue weighted by Gasteiger charge is 2.25. The minimum Gasteiger partial charge on any atom is -0.497 e. The number of unbranched alkanes of at least 4 members (excludes halogenated alkanes) is 1. The quantitative estimate of drug-likeness (QED) is 0.454. The fourth-order valence-electron chi connectivity index (χ4n) is 3.11. The van der Waals surface area contributed by atoms with E-state index >= 15 is 0 Å². The molecule has 1 atom stereocenters. The predicted octanol–water partition coefficient (Wildman–Crippen LogP) is 4.27. The second kappa shape index (κ2) is 13.7. The van der Waals surface area contributed by atoms with E-state index in [-0.39, 0.29) is 11.8 Å². The molecule has 2 rings (SSSR count). The monoisotopic (exact) mass is 458 g/mol. The molecule has 0 aliphatic carbocycles. The summed E-state index contributed by atoms with van der Waals surface area (Å²) in [4.78, 5) is 27.4. The minimum absolute atomic E-state index is 0.0579. The molecule has 0 radical (unpaired) electrons. The fourth-order valence-corrected chi connectivity index (χ4v) is 3.98. The van der Waals surface area contributed by atoms with Crippen LogP contribution in [0.15, 0.2) is 48.5 Å². The van der Waals surface area contributed by atoms with Gasteiger partial charge in [-0.05, 0) is 48.7 Å². The molecule has 0 saturated heterocycles. The zero-order chi connectivity index (χ0) is 23.3. The Morgan fingerprint density at radius 2 is 1.53 bits per heavy atom. The van der Waals surface area contributed by atoms with Gasteiger partial charge in [0.1, 0.15) is 17.5 Å². The molecule has 6 nitrogen and oxygen atoms in total. The van der Waals surface area contributed by atoms with Crippen LogP contribution >= 0.6 is 11.8 Å². The van der Waals surface area contributed by atoms with Crippen molar-refractivity contribution in [2.75, 3.05) is 26.5 Å². The zero-order valence-corrected chi connectivity index (χ0v) is 20.2. The van der Waals surface area contributed by atoms with Crippen molar-refractivity contribution in [2.45, 2.75) is 45.0 Å². The number of nitrogens with one attached hydrogen (secondary N) is 1. The van der Waals surface area contributed by atoms with E-state index in [2.05, 4.69) is 12.2 Å². The summed E-state index contributed by atoms with van der Waals surface area (Å²) in [5, 5.41) is 2.94. The topological polar surface area (TPSA) is 67.9 Å². The molecule has 0 spiro atoms. The first-order chi connectivity index (χ1) is 15.5. The van der Waals surface area contributed by atoms with E-state index in [0.29, 0.717) is 24.6 Å². The lowest BCUT2D eigenvalue weighted by molar-refractivity contribution is -0.138. The number of hydrogen-bond donors (Lipinski definition) is 1. The molecular formula is C25H34N2O4S. The third-order valence-electron chi connectivity index (χ3n) is 5.16. The van der Waals surface area contributed by atoms with Crippen molar-refractivity contribution in [2.24, 2.45) is 0 Å². The summed E-state index contributed by atoms with van der Waals surface area (Å²) in [6.07, 6.45) is 1.92. The lowest BCUT2D eigenvalue weighted by Crippen LogP contribution is -2.48. The average molecular weight is 459 g/mol. The van der Waals surface area contributed by atoms with Crippen molar-refractivity contribution >= 4 is 23.6 Å². The molecule has 0 unspecified atom stereocenters. The van der Waals surface area contributed by atoms with Crippen molar-refractivity contribution < 1.29 is 19.1 Å². The predicted molar refractivity (Wildman–Crippen MR) is 130 cm³/mol. The van der Waals surface area contributed by atoms with Crippen LogP contribution in [0, 0.1) is 0 Å². The van der Waals surface area contributed by atoms with Crippen LogP contribution in [0.3, 0.4) is 0 Å². The van der Waals surface area contributed by atoms with E-state index < -0.39 is 6.04 Å². The normalized spacial score (nSPS) is 11.5. The van der Waals surface area contributed by atoms with Gasteiger partial charge in [-0.2, -0.15) is 0 Å². The summed E-state index contributed by atoms with van der Waals surface area (Å²) in [6, 6.07) is 14.8. The Morgan fingerprint density at radius 3 is 2.06 bits per heavy atom. The zero-order valence-electron chi connectivity index (χ0n) is 19.4. The molecule has 7 heteroatoms. The first-order valence-corrected chi connectivity index (χ1v) is 12.0. The number of ether oxygens (including phenoxy) is 2. The van der Waals surface area contributed by atoms with Gasteiger partial charge in [-0.1, -0.05) is 37.6 Å². The van der Waals surface area contributed by atoms with Crippen molar-refractivity contribution in [1.29, 1.82) is 0 Å². The number of amides is 2. The molecule has 0 aliphatic rings. The number of carbonyl (C=O) groups is 2. The van der Waals surface area contributed by atoms with Gasteiger partial charge in [-0.25, -0.2) is 0 Å². The third-order valence-corrected chi connectivity index (χ3v) is 6.15. The maximum absolute atomic E-state index is 13.1. The molecule has 2 amide bonds. The van der Waals surface area contributed by atoms with Crippen molar-refractivity contribution in [1.82, 2.24) is 10.2 Å². The highest BCUT2D eigenvalue weighted by Crippen LogP contribution is 2.19. The highest BCUT2D eigenvalue weighted by molar-refractivity contribution is 7.99. The minimum atomic E-state index is -0.553. The maximum Gasteiger partial charge on any atom is 0.242 e. The van der Waals surface area contributed by atoms with Crippen LogP contribution in [0.2, 0.25) is 0 Å². The van der Waals surface area contributed by atoms with Gasteiger partial charge in [-0.15, -0.1) is 11.8 Å². The molecule has 0 heterocycles. The maximum atomic E-state index is 13.1. The summed E-state index contributed by atoms with van der Waals surface area (Å²) in [7, 11) is 3.26. The summed E-state index contributed by atoms with van der Waals surface area (Å²) < 4.78 is 10.4. The second-order valence-corrected chi connectivity index (χ2v) is 8.52. The molecule has 2 aromatic carbocycles. The molecule has 0 aliphatic heterocycles. The van der Waals surface area contributed by atoms with Gasteiger partial charge >= 0.3 is 0 Å². The standard InChI is InChI=1S/C25H34N2O4S/c1-5-6-15-26-25(29)19(2)27(16-20-7-11-22(30-3)12-8-20)24(28)18-32-17-21-9-13-23(31-4)14-10-21/h7-14,19H,5-6,15-18H2,1-4H3,(H,26,29)/t19-/m0/s1. The number of methoxy groups -OCH3 is 2. The molecule has 0 aromatic heterocycles. The van der Waals surface area contributed by atoms with E-state index in [9.17, 15) is 9.59 Å². The Hall–Kier alpha value is -2.67. The number of nitrogens with zero attached hydrogens (tertiary/aromatic N) is 1. The Morgan fingerprint density at radius 1 is 0.969 bits per heavy atom. The van der Waals surface area contributed by atoms with Crippen LogP contribution in [0.25, 0.3) is 0 Å². The smallest absolute Gasteiger partial charge is 0.242 e. The molecule has 0 fully saturated rings. The van der Waals surface area contributed by atoms with Gasteiger partial charge in [0, 0.05) is 18.8 Å². The van der Waals surface area contributed by atoms with Crippen LogP contribution in [-0.2, 0) is 21.9 Å².